The van der Waals surface area contributed by atoms with E-state index < -0.39 is 25.6 Å². The summed E-state index contributed by atoms with van der Waals surface area (Å²) >= 11 is 5.65. The molecule has 0 radical (unpaired) electrons. The monoisotopic (exact) mass is 289 g/mol. The van der Waals surface area contributed by atoms with Gasteiger partial charge in [0.2, 0.25) is 5.91 Å². The van der Waals surface area contributed by atoms with Crippen molar-refractivity contribution >= 4 is 30.2 Å². The maximum absolute atomic E-state index is 11.9. The van der Waals surface area contributed by atoms with E-state index in [1.54, 1.807) is 18.2 Å². The van der Waals surface area contributed by atoms with Crippen LogP contribution < -0.4 is 56.7 Å². The summed E-state index contributed by atoms with van der Waals surface area (Å²) in [6, 6.07) is 6.24. The zero-order valence-corrected chi connectivity index (χ0v) is 13.1. The van der Waals surface area contributed by atoms with Crippen molar-refractivity contribution in [1.82, 2.24) is 0 Å². The molecule has 0 aliphatic carbocycles. The second-order valence-electron chi connectivity index (χ2n) is 3.31. The number of hydrogen-bond acceptors (Lipinski definition) is 1. The Morgan fingerprint density at radius 3 is 2.53 bits per heavy atom. The zero-order valence-electron chi connectivity index (χ0n) is 9.22. The molecule has 0 aliphatic rings. The van der Waals surface area contributed by atoms with Crippen LogP contribution in [-0.4, -0.2) is 12.9 Å². The number of carbonyl (C=O) groups is 1. The van der Waals surface area contributed by atoms with Crippen molar-refractivity contribution in [1.29, 1.82) is 0 Å². The molecule has 0 aromatic heterocycles. The molecule has 0 atom stereocenters. The molecule has 88 valence electrons. The molecule has 0 heterocycles. The van der Waals surface area contributed by atoms with Gasteiger partial charge in [-0.1, -0.05) is 24.0 Å². The van der Waals surface area contributed by atoms with Crippen LogP contribution in [0.4, 0.5) is 18.6 Å². The third-order valence-corrected chi connectivity index (χ3v) is 2.04. The molecule has 17 heavy (non-hydrogen) atoms. The number of amides is 1. The van der Waals surface area contributed by atoms with Crippen molar-refractivity contribution in [2.45, 2.75) is 12.7 Å². The molecule has 0 saturated carbocycles. The minimum Gasteiger partial charge on any atom is -0.449 e. The van der Waals surface area contributed by atoms with Crippen LogP contribution in [0.1, 0.15) is 6.42 Å². The minimum atomic E-state index is -4.91. The van der Waals surface area contributed by atoms with Crippen LogP contribution in [0.25, 0.3) is 0 Å². The molecule has 1 amide bonds. The van der Waals surface area contributed by atoms with E-state index in [9.17, 15) is 17.7 Å². The van der Waals surface area contributed by atoms with Crippen molar-refractivity contribution in [2.24, 2.45) is 0 Å². The van der Waals surface area contributed by atoms with E-state index in [2.05, 4.69) is 5.32 Å². The Bertz CT molecular complexity index is 389. The van der Waals surface area contributed by atoms with Crippen LogP contribution >= 0.6 is 11.6 Å². The van der Waals surface area contributed by atoms with E-state index in [0.717, 1.165) is 0 Å². The molecule has 1 N–H and O–H groups in total. The predicted molar refractivity (Wildman–Crippen MR) is 58.6 cm³/mol. The first-order chi connectivity index (χ1) is 7.37. The summed E-state index contributed by atoms with van der Waals surface area (Å²) in [5.41, 5.74) is 0.396. The average Bonchev–Trinajstić information content (AvgIpc) is 2.14. The van der Waals surface area contributed by atoms with Crippen LogP contribution in [0.15, 0.2) is 24.3 Å². The first-order valence-electron chi connectivity index (χ1n) is 4.63. The fraction of sp³-hybridized carbons (Fsp3) is 0.222. The summed E-state index contributed by atoms with van der Waals surface area (Å²) in [5, 5.41) is 2.76. The van der Waals surface area contributed by atoms with Crippen molar-refractivity contribution in [2.75, 3.05) is 5.32 Å². The standard InChI is InChI=1S/C9H9BClF3NO.K/c11-7-2-1-3-8(6-7)15-9(16)4-5-10(12,13)14;/h1-3,6H,4-5H2,(H,15,16);/q-1;+1. The number of anilines is 1. The topological polar surface area (TPSA) is 29.1 Å². The van der Waals surface area contributed by atoms with Gasteiger partial charge in [0, 0.05) is 17.1 Å². The van der Waals surface area contributed by atoms with Crippen LogP contribution in [0.5, 0.6) is 0 Å². The number of carbonyl (C=O) groups excluding carboxylic acids is 1. The molecule has 1 aromatic carbocycles. The molecule has 0 saturated heterocycles. The van der Waals surface area contributed by atoms with E-state index in [1.165, 1.54) is 6.07 Å². The normalized spacial score (nSPS) is 10.6. The van der Waals surface area contributed by atoms with E-state index >= 15 is 0 Å². The summed E-state index contributed by atoms with van der Waals surface area (Å²) in [5.74, 6) is -0.665. The molecule has 1 rings (SSSR count). The van der Waals surface area contributed by atoms with Crippen molar-refractivity contribution < 1.29 is 69.1 Å². The van der Waals surface area contributed by atoms with E-state index in [-0.39, 0.29) is 51.4 Å². The Morgan fingerprint density at radius 1 is 1.35 bits per heavy atom. The smallest absolute Gasteiger partial charge is 0.449 e. The molecule has 2 nitrogen and oxygen atoms in total. The minimum absolute atomic E-state index is 0. The van der Waals surface area contributed by atoms with Gasteiger partial charge in [-0.3, -0.25) is 4.79 Å². The summed E-state index contributed by atoms with van der Waals surface area (Å²) in [4.78, 5) is 11.1. The van der Waals surface area contributed by atoms with Gasteiger partial charge in [-0.15, -0.1) is 0 Å². The molecule has 0 spiro atoms. The summed E-state index contributed by atoms with van der Waals surface area (Å²) in [7, 11) is 0. The quantitative estimate of drug-likeness (QED) is 0.805. The van der Waals surface area contributed by atoms with Gasteiger partial charge in [0.25, 0.3) is 0 Å². The molecular formula is C9H9BClF3KNO. The first-order valence-corrected chi connectivity index (χ1v) is 5.01. The Labute approximate surface area is 145 Å². The fourth-order valence-corrected chi connectivity index (χ4v) is 1.27. The van der Waals surface area contributed by atoms with E-state index in [4.69, 9.17) is 11.6 Å². The number of hydrogen-bond donors (Lipinski definition) is 1. The maximum atomic E-state index is 11.9. The number of rotatable bonds is 4. The van der Waals surface area contributed by atoms with Crippen molar-refractivity contribution in [3.8, 4) is 0 Å². The van der Waals surface area contributed by atoms with Gasteiger partial charge in [-0.2, -0.15) is 0 Å². The maximum Gasteiger partial charge on any atom is 1.00 e. The SMILES string of the molecule is O=C(CC[B-](F)(F)F)Nc1cccc(Cl)c1.[K+]. The van der Waals surface area contributed by atoms with Gasteiger partial charge in [0.1, 0.15) is 0 Å². The van der Waals surface area contributed by atoms with Gasteiger partial charge in [0.15, 0.2) is 0 Å². The largest absolute Gasteiger partial charge is 1.00 e. The third-order valence-electron chi connectivity index (χ3n) is 1.81. The summed E-state index contributed by atoms with van der Waals surface area (Å²) < 4.78 is 35.6. The number of nitrogens with one attached hydrogen (secondary N) is 1. The van der Waals surface area contributed by atoms with E-state index in [1.807, 2.05) is 0 Å². The fourth-order valence-electron chi connectivity index (χ4n) is 1.08. The summed E-state index contributed by atoms with van der Waals surface area (Å²) in [6.45, 7) is -4.91. The van der Waals surface area contributed by atoms with Crippen LogP contribution in [0.3, 0.4) is 0 Å². The van der Waals surface area contributed by atoms with Crippen LogP contribution in [0.2, 0.25) is 11.3 Å². The van der Waals surface area contributed by atoms with Gasteiger partial charge in [-0.05, 0) is 18.2 Å². The second kappa shape index (κ2) is 7.81. The molecule has 0 fully saturated rings. The number of halogens is 4. The van der Waals surface area contributed by atoms with Crippen molar-refractivity contribution in [3.63, 3.8) is 0 Å². The average molecular weight is 290 g/mol. The molecule has 0 bridgehead atoms. The molecule has 0 aliphatic heterocycles. The molecule has 8 heteroatoms. The molecule has 0 unspecified atom stereocenters. The van der Waals surface area contributed by atoms with Crippen LogP contribution in [0, 0.1) is 0 Å². The van der Waals surface area contributed by atoms with Gasteiger partial charge in [-0.25, -0.2) is 0 Å². The third kappa shape index (κ3) is 8.23. The van der Waals surface area contributed by atoms with Gasteiger partial charge >= 0.3 is 58.4 Å². The Hall–Kier alpha value is 0.471. The Kier molecular flexibility index (Phi) is 8.02. The summed E-state index contributed by atoms with van der Waals surface area (Å²) in [6.07, 6.45) is -1.62. The first kappa shape index (κ1) is 17.5. The van der Waals surface area contributed by atoms with Gasteiger partial charge in [0.05, 0.1) is 0 Å². The van der Waals surface area contributed by atoms with E-state index in [0.29, 0.717) is 10.7 Å². The number of benzene rings is 1. The Balaban J connectivity index is 0.00000256. The molecular weight excluding hydrogens is 280 g/mol. The van der Waals surface area contributed by atoms with Crippen molar-refractivity contribution in [3.05, 3.63) is 29.3 Å². The Morgan fingerprint density at radius 2 is 2.00 bits per heavy atom. The molecule has 1 aromatic rings. The zero-order chi connectivity index (χ0) is 12.2. The van der Waals surface area contributed by atoms with Crippen LogP contribution in [-0.2, 0) is 4.79 Å². The second-order valence-corrected chi connectivity index (χ2v) is 3.74. The predicted octanol–water partition coefficient (Wildman–Crippen LogP) is 0.520. The van der Waals surface area contributed by atoms with Gasteiger partial charge < -0.3 is 18.3 Å².